The number of anilines is 2. The lowest BCUT2D eigenvalue weighted by Crippen LogP contribution is -2.44. The second-order valence-electron chi connectivity index (χ2n) is 5.77. The van der Waals surface area contributed by atoms with Crippen molar-refractivity contribution in [2.75, 3.05) is 24.3 Å². The van der Waals surface area contributed by atoms with E-state index >= 15 is 0 Å². The molecule has 2 aliphatic rings. The van der Waals surface area contributed by atoms with E-state index in [1.807, 2.05) is 0 Å². The van der Waals surface area contributed by atoms with Gasteiger partial charge in [0.2, 0.25) is 16.1 Å². The summed E-state index contributed by atoms with van der Waals surface area (Å²) in [4.78, 5) is 22.0. The number of ketones is 1. The van der Waals surface area contributed by atoms with Gasteiger partial charge in [-0.05, 0) is 24.3 Å². The fourth-order valence-corrected chi connectivity index (χ4v) is 2.94. The lowest BCUT2D eigenvalue weighted by Gasteiger charge is -2.28. The minimum absolute atomic E-state index is 0.203. The second-order valence-corrected chi connectivity index (χ2v) is 6.57. The summed E-state index contributed by atoms with van der Waals surface area (Å²) in [5.41, 5.74) is 7.02. The predicted octanol–water partition coefficient (Wildman–Crippen LogP) is 0.452. The maximum atomic E-state index is 13.4. The number of thiol groups is 2. The van der Waals surface area contributed by atoms with Gasteiger partial charge in [-0.3, -0.25) is 14.8 Å². The van der Waals surface area contributed by atoms with Gasteiger partial charge in [0.1, 0.15) is 22.8 Å². The molecular formula is C15H16N10OS2. The van der Waals surface area contributed by atoms with Crippen LogP contribution in [0.15, 0.2) is 46.9 Å². The third-order valence-corrected chi connectivity index (χ3v) is 4.91. The Bertz CT molecular complexity index is 919. The van der Waals surface area contributed by atoms with Gasteiger partial charge in [-0.15, -0.1) is 35.5 Å². The number of rotatable bonds is 4. The summed E-state index contributed by atoms with van der Waals surface area (Å²) in [5, 5.41) is 15.4. The quantitative estimate of drug-likeness (QED) is 0.418. The van der Waals surface area contributed by atoms with Gasteiger partial charge in [-0.25, -0.2) is 10.0 Å². The summed E-state index contributed by atoms with van der Waals surface area (Å²) >= 11 is 8.52. The van der Waals surface area contributed by atoms with Crippen molar-refractivity contribution in [3.05, 3.63) is 48.0 Å². The van der Waals surface area contributed by atoms with E-state index in [1.165, 1.54) is 0 Å². The Balaban J connectivity index is 1.73. The number of hydrazone groups is 2. The third-order valence-electron chi connectivity index (χ3n) is 4.13. The number of nitrogens with zero attached hydrogens (tertiary/aromatic N) is 8. The second kappa shape index (κ2) is 7.09. The van der Waals surface area contributed by atoms with E-state index in [0.717, 1.165) is 0 Å². The number of aromatic nitrogens is 2. The maximum Gasteiger partial charge on any atom is 0.234 e. The molecule has 0 atom stereocenters. The molecule has 4 rings (SSSR count). The molecule has 0 spiro atoms. The smallest absolute Gasteiger partial charge is 0.234 e. The molecule has 11 nitrogen and oxygen atoms in total. The first-order valence-corrected chi connectivity index (χ1v) is 8.95. The van der Waals surface area contributed by atoms with E-state index in [4.69, 9.17) is 0 Å². The monoisotopic (exact) mass is 416 g/mol. The molecule has 0 radical (unpaired) electrons. The zero-order valence-electron chi connectivity index (χ0n) is 14.8. The highest BCUT2D eigenvalue weighted by atomic mass is 32.1. The molecule has 0 amide bonds. The van der Waals surface area contributed by atoms with Gasteiger partial charge in [0, 0.05) is 26.5 Å². The lowest BCUT2D eigenvalue weighted by molar-refractivity contribution is 0.102. The van der Waals surface area contributed by atoms with Gasteiger partial charge in [-0.1, -0.05) is 0 Å². The largest absolute Gasteiger partial charge is 0.285 e. The van der Waals surface area contributed by atoms with Gasteiger partial charge < -0.3 is 0 Å². The average Bonchev–Trinajstić information content (AvgIpc) is 3.23. The van der Waals surface area contributed by atoms with Gasteiger partial charge in [0.05, 0.1) is 0 Å². The van der Waals surface area contributed by atoms with E-state index in [2.05, 4.69) is 56.5 Å². The molecule has 2 aliphatic heterocycles. The fraction of sp³-hybridized carbons (Fsp3) is 0.133. The first-order chi connectivity index (χ1) is 13.5. The lowest BCUT2D eigenvalue weighted by atomic mass is 10.1. The summed E-state index contributed by atoms with van der Waals surface area (Å²) < 4.78 is 0. The standard InChI is InChI=1S/C15H16N10OS2/c1-22-14(27)18-20-24(22)9-5-3-7-16-11(9)13(26)12-10(6-4-8-17-12)25-21-19-15(28)23(25)2/h3-8,20-21H,1-2H3,(H,18,27)(H,19,28). The number of hydrogen-bond acceptors (Lipinski definition) is 11. The topological polar surface area (TPSA) is 105 Å². The highest BCUT2D eigenvalue weighted by Gasteiger charge is 2.30. The Kier molecular flexibility index (Phi) is 4.60. The fourth-order valence-electron chi connectivity index (χ4n) is 2.67. The average molecular weight is 416 g/mol. The zero-order chi connectivity index (χ0) is 19.8. The molecule has 28 heavy (non-hydrogen) atoms. The summed E-state index contributed by atoms with van der Waals surface area (Å²) in [5.74, 6) is -0.364. The Morgan fingerprint density at radius 1 is 0.857 bits per heavy atom. The van der Waals surface area contributed by atoms with Gasteiger partial charge in [0.15, 0.2) is 0 Å². The Morgan fingerprint density at radius 2 is 1.29 bits per heavy atom. The molecule has 2 aromatic heterocycles. The maximum absolute atomic E-state index is 13.4. The van der Waals surface area contributed by atoms with Crippen LogP contribution in [0.5, 0.6) is 0 Å². The van der Waals surface area contributed by atoms with Gasteiger partial charge in [-0.2, -0.15) is 21.3 Å². The van der Waals surface area contributed by atoms with Gasteiger partial charge in [0.25, 0.3) is 0 Å². The SMILES string of the molecule is CN1C(S)=NNN1c1cccnc1C(=O)c1ncccc1N1NN=C(S)N1C. The van der Waals surface area contributed by atoms with Crippen LogP contribution in [0.1, 0.15) is 16.2 Å². The molecule has 2 aromatic rings. The van der Waals surface area contributed by atoms with E-state index < -0.39 is 0 Å². The van der Waals surface area contributed by atoms with Crippen molar-refractivity contribution >= 4 is 52.8 Å². The van der Waals surface area contributed by atoms with Crippen molar-refractivity contribution in [1.29, 1.82) is 0 Å². The number of hydrazine groups is 4. The molecule has 4 heterocycles. The first kappa shape index (κ1) is 18.2. The van der Waals surface area contributed by atoms with Crippen molar-refractivity contribution in [2.45, 2.75) is 0 Å². The van der Waals surface area contributed by atoms with Crippen LogP contribution in [0.3, 0.4) is 0 Å². The normalized spacial score (nSPS) is 16.0. The van der Waals surface area contributed by atoms with Crippen LogP contribution in [0.4, 0.5) is 11.4 Å². The van der Waals surface area contributed by atoms with Crippen molar-refractivity contribution in [1.82, 2.24) is 31.1 Å². The molecule has 0 saturated carbocycles. The number of hydrogen-bond donors (Lipinski definition) is 4. The van der Waals surface area contributed by atoms with Crippen molar-refractivity contribution in [3.63, 3.8) is 0 Å². The molecule has 2 N–H and O–H groups in total. The molecular weight excluding hydrogens is 400 g/mol. The minimum Gasteiger partial charge on any atom is -0.285 e. The number of carbonyl (C=O) groups excluding carboxylic acids is 1. The molecule has 0 saturated heterocycles. The van der Waals surface area contributed by atoms with E-state index in [-0.39, 0.29) is 17.2 Å². The molecule has 13 heteroatoms. The molecule has 0 bridgehead atoms. The summed E-state index contributed by atoms with van der Waals surface area (Å²) in [6.45, 7) is 0. The molecule has 0 unspecified atom stereocenters. The van der Waals surface area contributed by atoms with Crippen LogP contribution in [0.25, 0.3) is 0 Å². The van der Waals surface area contributed by atoms with E-state index in [9.17, 15) is 4.79 Å². The molecule has 144 valence electrons. The van der Waals surface area contributed by atoms with E-state index in [1.54, 1.807) is 71.0 Å². The Morgan fingerprint density at radius 3 is 1.64 bits per heavy atom. The highest BCUT2D eigenvalue weighted by molar-refractivity contribution is 7.97. The number of carbonyl (C=O) groups is 1. The molecule has 0 aromatic carbocycles. The van der Waals surface area contributed by atoms with Crippen molar-refractivity contribution < 1.29 is 4.79 Å². The number of amidine groups is 2. The van der Waals surface area contributed by atoms with Crippen LogP contribution >= 0.6 is 25.3 Å². The summed E-state index contributed by atoms with van der Waals surface area (Å²) in [7, 11) is 3.52. The Hall–Kier alpha value is -3.19. The minimum atomic E-state index is -0.364. The van der Waals surface area contributed by atoms with Crippen molar-refractivity contribution in [3.8, 4) is 0 Å². The molecule has 0 fully saturated rings. The molecule has 0 aliphatic carbocycles. The third kappa shape index (κ3) is 2.93. The Labute approximate surface area is 171 Å². The summed E-state index contributed by atoms with van der Waals surface area (Å²) in [6, 6.07) is 6.97. The van der Waals surface area contributed by atoms with Crippen LogP contribution in [0, 0.1) is 0 Å². The van der Waals surface area contributed by atoms with Crippen LogP contribution in [-0.4, -0.2) is 50.2 Å². The summed E-state index contributed by atoms with van der Waals surface area (Å²) in [6.07, 6.45) is 3.10. The first-order valence-electron chi connectivity index (χ1n) is 8.06. The van der Waals surface area contributed by atoms with Crippen LogP contribution in [0.2, 0.25) is 0 Å². The van der Waals surface area contributed by atoms with Crippen LogP contribution < -0.4 is 21.3 Å². The van der Waals surface area contributed by atoms with Gasteiger partial charge >= 0.3 is 0 Å². The van der Waals surface area contributed by atoms with Crippen molar-refractivity contribution in [2.24, 2.45) is 10.2 Å². The zero-order valence-corrected chi connectivity index (χ0v) is 16.6. The number of pyridine rings is 2. The van der Waals surface area contributed by atoms with E-state index in [0.29, 0.717) is 21.7 Å². The predicted molar refractivity (Wildman–Crippen MR) is 112 cm³/mol. The van der Waals surface area contributed by atoms with Crippen LogP contribution in [-0.2, 0) is 0 Å². The highest BCUT2D eigenvalue weighted by Crippen LogP contribution is 2.27. The number of nitrogens with one attached hydrogen (secondary N) is 2.